The summed E-state index contributed by atoms with van der Waals surface area (Å²) in [6.45, 7) is 6.40. The summed E-state index contributed by atoms with van der Waals surface area (Å²) in [4.78, 5) is 2.41. The average molecular weight is 248 g/mol. The molecule has 100 valence electrons. The summed E-state index contributed by atoms with van der Waals surface area (Å²) in [5.41, 5.74) is 8.31. The van der Waals surface area contributed by atoms with Crippen LogP contribution >= 0.6 is 0 Å². The van der Waals surface area contributed by atoms with Gasteiger partial charge < -0.3 is 15.7 Å². The van der Waals surface area contributed by atoms with E-state index in [4.69, 9.17) is 5.73 Å². The topological polar surface area (TPSA) is 49.5 Å². The second-order valence-corrected chi connectivity index (χ2v) is 5.91. The first-order valence-corrected chi connectivity index (χ1v) is 6.76. The van der Waals surface area contributed by atoms with Gasteiger partial charge in [-0.15, -0.1) is 0 Å². The zero-order valence-corrected chi connectivity index (χ0v) is 11.4. The Morgan fingerprint density at radius 1 is 1.22 bits per heavy atom. The fourth-order valence-corrected chi connectivity index (χ4v) is 2.42. The van der Waals surface area contributed by atoms with Crippen molar-refractivity contribution in [3.05, 3.63) is 29.8 Å². The lowest BCUT2D eigenvalue weighted by Gasteiger charge is -2.30. The molecule has 0 aromatic heterocycles. The molecule has 1 fully saturated rings. The minimum absolute atomic E-state index is 0.0992. The van der Waals surface area contributed by atoms with E-state index in [0.29, 0.717) is 0 Å². The highest BCUT2D eigenvalue weighted by Crippen LogP contribution is 2.31. The number of anilines is 1. The first-order valence-electron chi connectivity index (χ1n) is 6.76. The first-order chi connectivity index (χ1) is 8.54. The largest absolute Gasteiger partial charge is 0.396 e. The molecule has 0 unspecified atom stereocenters. The Bertz CT molecular complexity index is 380. The molecule has 18 heavy (non-hydrogen) atoms. The molecule has 0 aliphatic carbocycles. The van der Waals surface area contributed by atoms with Gasteiger partial charge in [-0.25, -0.2) is 0 Å². The molecule has 1 aromatic rings. The predicted octanol–water partition coefficient (Wildman–Crippen LogP) is 2.31. The van der Waals surface area contributed by atoms with Crippen LogP contribution in [0.2, 0.25) is 0 Å². The highest BCUT2D eigenvalue weighted by atomic mass is 16.3. The molecule has 0 saturated carbocycles. The van der Waals surface area contributed by atoms with Crippen LogP contribution in [-0.4, -0.2) is 24.8 Å². The third-order valence-electron chi connectivity index (χ3n) is 3.97. The van der Waals surface area contributed by atoms with E-state index in [1.54, 1.807) is 0 Å². The van der Waals surface area contributed by atoms with Crippen LogP contribution in [0.5, 0.6) is 0 Å². The quantitative estimate of drug-likeness (QED) is 0.859. The van der Waals surface area contributed by atoms with Crippen molar-refractivity contribution in [2.24, 2.45) is 11.1 Å². The summed E-state index contributed by atoms with van der Waals surface area (Å²) in [5, 5.41) is 9.36. The molecule has 1 saturated heterocycles. The number of nitrogens with two attached hydrogens (primary N) is 1. The third-order valence-corrected chi connectivity index (χ3v) is 3.97. The Hall–Kier alpha value is -1.06. The Balaban J connectivity index is 2.12. The van der Waals surface area contributed by atoms with E-state index in [2.05, 4.69) is 29.2 Å². The van der Waals surface area contributed by atoms with Crippen LogP contribution < -0.4 is 10.6 Å². The van der Waals surface area contributed by atoms with Crippen molar-refractivity contribution in [2.75, 3.05) is 24.6 Å². The van der Waals surface area contributed by atoms with Gasteiger partial charge in [0, 0.05) is 36.8 Å². The molecule has 3 heteroatoms. The molecular formula is C15H24N2O. The molecule has 1 aromatic carbocycles. The molecule has 1 heterocycles. The molecule has 2 rings (SSSR count). The minimum Gasteiger partial charge on any atom is -0.396 e. The number of aliphatic hydroxyl groups is 1. The van der Waals surface area contributed by atoms with Gasteiger partial charge in [0.1, 0.15) is 0 Å². The lowest BCUT2D eigenvalue weighted by Crippen LogP contribution is -2.32. The van der Waals surface area contributed by atoms with E-state index in [1.165, 1.54) is 18.5 Å². The Kier molecular flexibility index (Phi) is 3.93. The molecule has 3 nitrogen and oxygen atoms in total. The smallest absolute Gasteiger partial charge is 0.0500 e. The van der Waals surface area contributed by atoms with Crippen LogP contribution in [0, 0.1) is 5.41 Å². The predicted molar refractivity (Wildman–Crippen MR) is 75.7 cm³/mol. The van der Waals surface area contributed by atoms with Gasteiger partial charge in [-0.05, 0) is 30.5 Å². The summed E-state index contributed by atoms with van der Waals surface area (Å²) in [6, 6.07) is 8.35. The molecule has 0 radical (unpaired) electrons. The van der Waals surface area contributed by atoms with Gasteiger partial charge in [0.25, 0.3) is 0 Å². The van der Waals surface area contributed by atoms with Crippen molar-refractivity contribution >= 4 is 5.69 Å². The van der Waals surface area contributed by atoms with Crippen LogP contribution in [-0.2, 0) is 0 Å². The third kappa shape index (κ3) is 2.68. The molecule has 1 atom stereocenters. The van der Waals surface area contributed by atoms with Crippen molar-refractivity contribution in [3.8, 4) is 0 Å². The maximum atomic E-state index is 9.36. The number of hydrogen-bond acceptors (Lipinski definition) is 3. The fourth-order valence-electron chi connectivity index (χ4n) is 2.42. The van der Waals surface area contributed by atoms with Crippen LogP contribution in [0.4, 0.5) is 5.69 Å². The lowest BCUT2D eigenvalue weighted by atomic mass is 9.82. The van der Waals surface area contributed by atoms with E-state index in [-0.39, 0.29) is 18.1 Å². The number of rotatable bonds is 4. The van der Waals surface area contributed by atoms with E-state index in [9.17, 15) is 5.11 Å². The Morgan fingerprint density at radius 2 is 1.78 bits per heavy atom. The minimum atomic E-state index is -0.283. The van der Waals surface area contributed by atoms with Crippen molar-refractivity contribution in [2.45, 2.75) is 32.7 Å². The summed E-state index contributed by atoms with van der Waals surface area (Å²) in [6.07, 6.45) is 2.58. The molecule has 1 aliphatic rings. The van der Waals surface area contributed by atoms with Gasteiger partial charge in [0.15, 0.2) is 0 Å². The number of hydrogen-bond donors (Lipinski definition) is 2. The van der Waals surface area contributed by atoms with Crippen LogP contribution in [0.25, 0.3) is 0 Å². The van der Waals surface area contributed by atoms with Crippen molar-refractivity contribution in [3.63, 3.8) is 0 Å². The number of benzene rings is 1. The molecule has 1 aliphatic heterocycles. The van der Waals surface area contributed by atoms with Gasteiger partial charge in [-0.1, -0.05) is 26.0 Å². The standard InChI is InChI=1S/C15H24N2O/c1-15(2,11-18)14(16)12-5-7-13(8-6-12)17-9-3-4-10-17/h5-8,14,18H,3-4,9-11,16H2,1-2H3/t14-/m1/s1. The van der Waals surface area contributed by atoms with Crippen molar-refractivity contribution in [1.82, 2.24) is 0 Å². The monoisotopic (exact) mass is 248 g/mol. The zero-order valence-electron chi connectivity index (χ0n) is 11.4. The van der Waals surface area contributed by atoms with Gasteiger partial charge in [-0.3, -0.25) is 0 Å². The molecule has 0 spiro atoms. The van der Waals surface area contributed by atoms with E-state index in [1.807, 2.05) is 13.8 Å². The van der Waals surface area contributed by atoms with Crippen molar-refractivity contribution < 1.29 is 5.11 Å². The Morgan fingerprint density at radius 3 is 2.28 bits per heavy atom. The summed E-state index contributed by atoms with van der Waals surface area (Å²) in [7, 11) is 0. The van der Waals surface area contributed by atoms with Gasteiger partial charge >= 0.3 is 0 Å². The number of aliphatic hydroxyl groups excluding tert-OH is 1. The first kappa shape index (κ1) is 13.4. The van der Waals surface area contributed by atoms with Gasteiger partial charge in [0.2, 0.25) is 0 Å². The highest BCUT2D eigenvalue weighted by Gasteiger charge is 2.27. The van der Waals surface area contributed by atoms with Crippen LogP contribution in [0.15, 0.2) is 24.3 Å². The highest BCUT2D eigenvalue weighted by molar-refractivity contribution is 5.48. The normalized spacial score (nSPS) is 18.1. The maximum absolute atomic E-state index is 9.36. The summed E-state index contributed by atoms with van der Waals surface area (Å²) in [5.74, 6) is 0. The second kappa shape index (κ2) is 5.29. The summed E-state index contributed by atoms with van der Waals surface area (Å²) >= 11 is 0. The van der Waals surface area contributed by atoms with Gasteiger partial charge in [0.05, 0.1) is 0 Å². The van der Waals surface area contributed by atoms with E-state index < -0.39 is 0 Å². The maximum Gasteiger partial charge on any atom is 0.0500 e. The molecular weight excluding hydrogens is 224 g/mol. The van der Waals surface area contributed by atoms with Gasteiger partial charge in [-0.2, -0.15) is 0 Å². The molecule has 0 bridgehead atoms. The second-order valence-electron chi connectivity index (χ2n) is 5.91. The average Bonchev–Trinajstić information content (AvgIpc) is 2.92. The number of nitrogens with zero attached hydrogens (tertiary/aromatic N) is 1. The fraction of sp³-hybridized carbons (Fsp3) is 0.600. The van der Waals surface area contributed by atoms with E-state index in [0.717, 1.165) is 18.7 Å². The zero-order chi connectivity index (χ0) is 13.2. The lowest BCUT2D eigenvalue weighted by molar-refractivity contribution is 0.132. The molecule has 0 amide bonds. The van der Waals surface area contributed by atoms with Crippen LogP contribution in [0.1, 0.15) is 38.3 Å². The van der Waals surface area contributed by atoms with Crippen molar-refractivity contribution in [1.29, 1.82) is 0 Å². The SMILES string of the molecule is CC(C)(CO)[C@H](N)c1ccc(N2CCCC2)cc1. The molecule has 3 N–H and O–H groups in total. The van der Waals surface area contributed by atoms with Crippen LogP contribution in [0.3, 0.4) is 0 Å². The Labute approximate surface area is 110 Å². The summed E-state index contributed by atoms with van der Waals surface area (Å²) < 4.78 is 0. The van der Waals surface area contributed by atoms with E-state index >= 15 is 0 Å².